The van der Waals surface area contributed by atoms with Crippen molar-refractivity contribution in [3.63, 3.8) is 0 Å². The van der Waals surface area contributed by atoms with Gasteiger partial charge in [-0.15, -0.1) is 0 Å². The van der Waals surface area contributed by atoms with Crippen LogP contribution in [0.2, 0.25) is 0 Å². The Morgan fingerprint density at radius 3 is 1.47 bits per heavy atom. The summed E-state index contributed by atoms with van der Waals surface area (Å²) in [5, 5.41) is 77.9. The van der Waals surface area contributed by atoms with Gasteiger partial charge in [0.2, 0.25) is 11.8 Å². The molecule has 204 valence electrons. The lowest BCUT2D eigenvalue weighted by Crippen LogP contribution is -2.01. The molecule has 45 heavy (non-hydrogen) atoms. The summed E-state index contributed by atoms with van der Waals surface area (Å²) in [4.78, 5) is 7.18. The molecule has 0 fully saturated rings. The average molecular weight is 586 g/mol. The smallest absolute Gasteiger partial charge is 0.227 e. The van der Waals surface area contributed by atoms with Crippen molar-refractivity contribution < 1.29 is 13.2 Å². The fourth-order valence-corrected chi connectivity index (χ4v) is 5.19. The molecule has 0 N–H and O–H groups in total. The van der Waals surface area contributed by atoms with E-state index in [2.05, 4.69) is 9.97 Å². The molecule has 0 unspecified atom stereocenters. The lowest BCUT2D eigenvalue weighted by molar-refractivity contribution is 0.573. The van der Waals surface area contributed by atoms with Gasteiger partial charge in [0.15, 0.2) is 0 Å². The van der Waals surface area contributed by atoms with E-state index in [0.29, 0.717) is 12.1 Å². The Hall–Kier alpha value is -7.81. The van der Waals surface area contributed by atoms with E-state index in [-0.39, 0.29) is 55.7 Å². The maximum absolute atomic E-state index is 15.3. The highest BCUT2D eigenvalue weighted by atomic mass is 19.1. The van der Waals surface area contributed by atoms with E-state index in [1.54, 1.807) is 30.3 Å². The van der Waals surface area contributed by atoms with E-state index >= 15 is 8.78 Å². The minimum Gasteiger partial charge on any atom is -0.227 e. The molecule has 5 rings (SSSR count). The summed E-state index contributed by atoms with van der Waals surface area (Å²) < 4.78 is 45.3. The normalized spacial score (nSPS) is 12.3. The molecule has 2 aromatic carbocycles. The number of benzene rings is 2. The van der Waals surface area contributed by atoms with Crippen LogP contribution < -0.4 is 0 Å². The lowest BCUT2D eigenvalue weighted by atomic mass is 9.90. The summed E-state index contributed by atoms with van der Waals surface area (Å²) in [5.74, 6) is -4.06. The van der Waals surface area contributed by atoms with Gasteiger partial charge in [-0.1, -0.05) is 0 Å². The second-order valence-electron chi connectivity index (χ2n) is 9.05. The van der Waals surface area contributed by atoms with Gasteiger partial charge in [0.05, 0.1) is 22.3 Å². The van der Waals surface area contributed by atoms with E-state index < -0.39 is 51.2 Å². The number of rotatable bonds is 2. The minimum atomic E-state index is -1.24. The Labute approximate surface area is 251 Å². The molecule has 2 aliphatic carbocycles. The van der Waals surface area contributed by atoms with Gasteiger partial charge in [-0.3, -0.25) is 0 Å². The predicted octanol–water partition coefficient (Wildman–Crippen LogP) is 5.13. The SMILES string of the molecule is N#CC(C#N)=C1C(c2cc(F)c(C#N)cc2F)=C(C#N)c2cc3c(cc21)C(C#N)=C(c1cnc(C#N)nc1F)C3=C(C#N)C#N. The van der Waals surface area contributed by atoms with Crippen molar-refractivity contribution in [1.82, 2.24) is 9.97 Å². The molecule has 0 bridgehead atoms. The molecule has 0 spiro atoms. The number of aromatic nitrogens is 2. The van der Waals surface area contributed by atoms with Crippen LogP contribution in [0.15, 0.2) is 41.6 Å². The van der Waals surface area contributed by atoms with E-state index in [1.807, 2.05) is 12.1 Å². The first kappa shape index (κ1) is 28.7. The molecule has 1 aromatic heterocycles. The first-order valence-corrected chi connectivity index (χ1v) is 12.1. The molecule has 3 aromatic rings. The highest BCUT2D eigenvalue weighted by molar-refractivity contribution is 6.29. The number of fused-ring (bicyclic) bond motifs is 2. The first-order valence-electron chi connectivity index (χ1n) is 12.1. The maximum Gasteiger partial charge on any atom is 0.234 e. The zero-order valence-electron chi connectivity index (χ0n) is 22.0. The number of hydrogen-bond acceptors (Lipinski definition) is 10. The second kappa shape index (κ2) is 10.9. The van der Waals surface area contributed by atoms with Crippen molar-refractivity contribution in [2.45, 2.75) is 0 Å². The second-order valence-corrected chi connectivity index (χ2v) is 9.05. The third-order valence-electron chi connectivity index (χ3n) is 6.96. The number of hydrogen-bond donors (Lipinski definition) is 0. The third kappa shape index (κ3) is 4.13. The monoisotopic (exact) mass is 586 g/mol. The van der Waals surface area contributed by atoms with Gasteiger partial charge in [-0.05, 0) is 35.4 Å². The van der Waals surface area contributed by atoms with Crippen molar-refractivity contribution >= 4 is 33.4 Å². The molecule has 0 saturated carbocycles. The standard InChI is InChI=1S/C32H5F3N10/c33-25-4-21(26(34)1-14(25)5-36)30-22(10-41)17-2-20-18(3-19(17)28(30)15(6-37)7-38)23(11-42)31(29(20)16(8-39)9-40)24-13-44-27(12-43)45-32(24)35/h1-4,13H. The summed E-state index contributed by atoms with van der Waals surface area (Å²) in [5.41, 5.74) is -4.72. The molecule has 0 saturated heterocycles. The zero-order valence-corrected chi connectivity index (χ0v) is 22.0. The highest BCUT2D eigenvalue weighted by Crippen LogP contribution is 2.54. The Morgan fingerprint density at radius 2 is 1.04 bits per heavy atom. The van der Waals surface area contributed by atoms with Crippen LogP contribution in [0.25, 0.3) is 33.4 Å². The van der Waals surface area contributed by atoms with Crippen LogP contribution in [0.3, 0.4) is 0 Å². The molecule has 0 atom stereocenters. The molecule has 2 aliphatic rings. The molecule has 0 aliphatic heterocycles. The molecule has 0 radical (unpaired) electrons. The molecule has 0 amide bonds. The fraction of sp³-hybridized carbons (Fsp3) is 0. The van der Waals surface area contributed by atoms with Crippen molar-refractivity contribution in [2.75, 3.05) is 0 Å². The van der Waals surface area contributed by atoms with Gasteiger partial charge in [-0.2, -0.15) is 51.5 Å². The van der Waals surface area contributed by atoms with Crippen LogP contribution in [-0.4, -0.2) is 9.97 Å². The summed E-state index contributed by atoms with van der Waals surface area (Å²) in [7, 11) is 0. The van der Waals surface area contributed by atoms with E-state index in [1.165, 1.54) is 18.2 Å². The number of nitrogens with zero attached hydrogens (tertiary/aromatic N) is 10. The quantitative estimate of drug-likeness (QED) is 0.284. The van der Waals surface area contributed by atoms with Crippen LogP contribution in [-0.2, 0) is 0 Å². The van der Waals surface area contributed by atoms with Gasteiger partial charge in [0.1, 0.15) is 71.3 Å². The van der Waals surface area contributed by atoms with Gasteiger partial charge in [-0.25, -0.2) is 13.8 Å². The van der Waals surface area contributed by atoms with Gasteiger partial charge < -0.3 is 0 Å². The van der Waals surface area contributed by atoms with Gasteiger partial charge in [0, 0.05) is 45.2 Å². The van der Waals surface area contributed by atoms with Crippen LogP contribution in [0.5, 0.6) is 0 Å². The highest BCUT2D eigenvalue weighted by Gasteiger charge is 2.38. The topological polar surface area (TPSA) is 216 Å². The van der Waals surface area contributed by atoms with Crippen LogP contribution >= 0.6 is 0 Å². The Balaban J connectivity index is 1.95. The summed E-state index contributed by atoms with van der Waals surface area (Å²) >= 11 is 0. The molecule has 1 heterocycles. The van der Waals surface area contributed by atoms with Crippen LogP contribution in [0, 0.1) is 108 Å². The minimum absolute atomic E-state index is 0.0162. The van der Waals surface area contributed by atoms with Crippen LogP contribution in [0.1, 0.15) is 44.8 Å². The molecule has 13 heteroatoms. The van der Waals surface area contributed by atoms with Crippen molar-refractivity contribution in [3.8, 4) is 48.6 Å². The van der Waals surface area contributed by atoms with Gasteiger partial charge in [0.25, 0.3) is 0 Å². The van der Waals surface area contributed by atoms with E-state index in [9.17, 15) is 36.0 Å². The number of allylic oxidation sites excluding steroid dienone is 8. The summed E-state index contributed by atoms with van der Waals surface area (Å²) in [6, 6.07) is 17.3. The molecule has 10 nitrogen and oxygen atoms in total. The number of nitriles is 8. The van der Waals surface area contributed by atoms with E-state index in [0.717, 1.165) is 6.20 Å². The average Bonchev–Trinajstić information content (AvgIpc) is 3.53. The predicted molar refractivity (Wildman–Crippen MR) is 145 cm³/mol. The van der Waals surface area contributed by atoms with Crippen molar-refractivity contribution in [3.05, 3.63) is 104 Å². The first-order chi connectivity index (χ1) is 21.7. The molecular formula is C32H5F3N10. The Morgan fingerprint density at radius 1 is 0.533 bits per heavy atom. The maximum atomic E-state index is 15.3. The van der Waals surface area contributed by atoms with E-state index in [4.69, 9.17) is 10.5 Å². The van der Waals surface area contributed by atoms with Crippen molar-refractivity contribution in [2.24, 2.45) is 0 Å². The van der Waals surface area contributed by atoms with Crippen molar-refractivity contribution in [1.29, 1.82) is 42.1 Å². The third-order valence-corrected chi connectivity index (χ3v) is 6.96. The Bertz CT molecular complexity index is 2410. The van der Waals surface area contributed by atoms with Gasteiger partial charge >= 0.3 is 0 Å². The molecular weight excluding hydrogens is 581 g/mol. The lowest BCUT2D eigenvalue weighted by Gasteiger charge is -2.11. The largest absolute Gasteiger partial charge is 0.234 e. The summed E-state index contributed by atoms with van der Waals surface area (Å²) in [6.07, 6.45) is 0.898. The summed E-state index contributed by atoms with van der Waals surface area (Å²) in [6.45, 7) is 0. The zero-order chi connectivity index (χ0) is 32.6. The number of halogens is 3. The van der Waals surface area contributed by atoms with Crippen LogP contribution in [0.4, 0.5) is 13.2 Å². The fourth-order valence-electron chi connectivity index (χ4n) is 5.19. The Kier molecular flexibility index (Phi) is 6.94.